The minimum absolute atomic E-state index is 0.207. The maximum Gasteiger partial charge on any atom is 0.287 e. The Balaban J connectivity index is 1.55. The number of halogens is 1. The van der Waals surface area contributed by atoms with E-state index in [1.165, 1.54) is 30.4 Å². The Hall–Kier alpha value is -3.74. The number of nitrogens with zero attached hydrogens (tertiary/aromatic N) is 1. The third kappa shape index (κ3) is 4.41. The first-order valence-electron chi connectivity index (χ1n) is 7.76. The Bertz CT molecular complexity index is 951. The molecule has 2 amide bonds. The normalized spacial score (nSPS) is 10.7. The van der Waals surface area contributed by atoms with Crippen molar-refractivity contribution in [3.8, 4) is 11.3 Å². The molecule has 3 rings (SSSR count). The highest BCUT2D eigenvalue weighted by Crippen LogP contribution is 2.16. The number of hydrazine groups is 1. The quantitative estimate of drug-likeness (QED) is 0.499. The summed E-state index contributed by atoms with van der Waals surface area (Å²) in [5, 5.41) is 6.69. The summed E-state index contributed by atoms with van der Waals surface area (Å²) in [6.45, 7) is 0. The fourth-order valence-corrected chi connectivity index (χ4v) is 2.20. The lowest BCUT2D eigenvalue weighted by atomic mass is 10.1. The molecule has 2 aromatic carbocycles. The summed E-state index contributed by atoms with van der Waals surface area (Å²) in [6.07, 6.45) is 2.63. The van der Waals surface area contributed by atoms with Crippen LogP contribution in [0.3, 0.4) is 0 Å². The minimum Gasteiger partial charge on any atom is -0.272 e. The number of carbonyl (C=O) groups excluding carboxylic acids is 2. The van der Waals surface area contributed by atoms with E-state index >= 15 is 0 Å². The maximum absolute atomic E-state index is 13.1. The lowest BCUT2D eigenvalue weighted by Crippen LogP contribution is -2.40. The Labute approximate surface area is 148 Å². The molecule has 3 N–H and O–H groups in total. The largest absolute Gasteiger partial charge is 0.287 e. The first kappa shape index (κ1) is 17.1. The number of hydrogen-bond acceptors (Lipinski definition) is 3. The molecular weight excluding hydrogens is 335 g/mol. The van der Waals surface area contributed by atoms with Crippen LogP contribution in [0.1, 0.15) is 16.1 Å². The molecule has 0 unspecified atom stereocenters. The van der Waals surface area contributed by atoms with Crippen molar-refractivity contribution in [2.24, 2.45) is 0 Å². The van der Waals surface area contributed by atoms with Gasteiger partial charge < -0.3 is 0 Å². The van der Waals surface area contributed by atoms with Crippen LogP contribution in [0.5, 0.6) is 0 Å². The lowest BCUT2D eigenvalue weighted by molar-refractivity contribution is -0.117. The number of amides is 2. The molecule has 0 aliphatic carbocycles. The molecule has 1 aromatic heterocycles. The second-order valence-corrected chi connectivity index (χ2v) is 5.36. The van der Waals surface area contributed by atoms with Gasteiger partial charge in [0.15, 0.2) is 0 Å². The van der Waals surface area contributed by atoms with Gasteiger partial charge in [-0.05, 0) is 29.8 Å². The van der Waals surface area contributed by atoms with Crippen LogP contribution in [0, 0.1) is 5.82 Å². The van der Waals surface area contributed by atoms with Gasteiger partial charge in [0.1, 0.15) is 11.5 Å². The molecule has 26 heavy (non-hydrogen) atoms. The van der Waals surface area contributed by atoms with Crippen molar-refractivity contribution in [1.82, 2.24) is 21.0 Å². The Kier molecular flexibility index (Phi) is 5.19. The van der Waals surface area contributed by atoms with Crippen molar-refractivity contribution >= 4 is 17.9 Å². The fourth-order valence-electron chi connectivity index (χ4n) is 2.20. The SMILES string of the molecule is O=C(/C=C/c1cccc(F)c1)NNC(=O)c1cc(-c2ccccc2)n[nH]1. The Morgan fingerprint density at radius 3 is 2.58 bits per heavy atom. The molecule has 0 bridgehead atoms. The van der Waals surface area contributed by atoms with E-state index in [0.29, 0.717) is 11.3 Å². The minimum atomic E-state index is -0.551. The van der Waals surface area contributed by atoms with Gasteiger partial charge in [-0.15, -0.1) is 0 Å². The summed E-state index contributed by atoms with van der Waals surface area (Å²) >= 11 is 0. The topological polar surface area (TPSA) is 86.9 Å². The number of aromatic amines is 1. The van der Waals surface area contributed by atoms with Crippen LogP contribution >= 0.6 is 0 Å². The van der Waals surface area contributed by atoms with E-state index in [0.717, 1.165) is 5.56 Å². The van der Waals surface area contributed by atoms with Crippen LogP contribution in [0.2, 0.25) is 0 Å². The Morgan fingerprint density at radius 1 is 1.00 bits per heavy atom. The van der Waals surface area contributed by atoms with E-state index in [4.69, 9.17) is 0 Å². The second kappa shape index (κ2) is 7.89. The van der Waals surface area contributed by atoms with Crippen LogP contribution in [-0.4, -0.2) is 22.0 Å². The molecule has 1 heterocycles. The van der Waals surface area contributed by atoms with Crippen molar-refractivity contribution in [3.63, 3.8) is 0 Å². The average Bonchev–Trinajstić information content (AvgIpc) is 3.15. The molecule has 6 nitrogen and oxygen atoms in total. The van der Waals surface area contributed by atoms with E-state index in [1.807, 2.05) is 30.3 Å². The zero-order chi connectivity index (χ0) is 18.4. The number of H-pyrrole nitrogens is 1. The highest BCUT2D eigenvalue weighted by molar-refractivity contribution is 5.97. The van der Waals surface area contributed by atoms with E-state index < -0.39 is 17.6 Å². The number of carbonyl (C=O) groups is 2. The van der Waals surface area contributed by atoms with Gasteiger partial charge in [0.2, 0.25) is 0 Å². The molecule has 0 spiro atoms. The van der Waals surface area contributed by atoms with Crippen molar-refractivity contribution in [1.29, 1.82) is 0 Å². The van der Waals surface area contributed by atoms with Crippen LogP contribution in [0.4, 0.5) is 4.39 Å². The molecule has 3 aromatic rings. The summed E-state index contributed by atoms with van der Waals surface area (Å²) < 4.78 is 13.1. The lowest BCUT2D eigenvalue weighted by Gasteiger charge is -2.03. The number of nitrogens with one attached hydrogen (secondary N) is 3. The number of benzene rings is 2. The molecule has 0 radical (unpaired) electrons. The van der Waals surface area contributed by atoms with Crippen LogP contribution in [0.15, 0.2) is 66.7 Å². The van der Waals surface area contributed by atoms with Crippen molar-refractivity contribution in [3.05, 3.63) is 83.8 Å². The van der Waals surface area contributed by atoms with E-state index in [1.54, 1.807) is 12.1 Å². The summed E-state index contributed by atoms with van der Waals surface area (Å²) in [5.74, 6) is -1.48. The molecule has 0 aliphatic heterocycles. The van der Waals surface area contributed by atoms with Gasteiger partial charge in [0.05, 0.1) is 5.69 Å². The average molecular weight is 350 g/mol. The molecule has 7 heteroatoms. The maximum atomic E-state index is 13.1. The van der Waals surface area contributed by atoms with Crippen LogP contribution < -0.4 is 10.9 Å². The molecule has 0 saturated heterocycles. The van der Waals surface area contributed by atoms with Gasteiger partial charge in [0, 0.05) is 11.6 Å². The first-order valence-corrected chi connectivity index (χ1v) is 7.76. The number of rotatable bonds is 4. The zero-order valence-electron chi connectivity index (χ0n) is 13.6. The van der Waals surface area contributed by atoms with Gasteiger partial charge in [0.25, 0.3) is 11.8 Å². The number of aromatic nitrogens is 2. The standard InChI is InChI=1S/C19H15FN4O2/c20-15-8-4-5-13(11-15)9-10-18(25)23-24-19(26)17-12-16(21-22-17)14-6-2-1-3-7-14/h1-12H,(H,21,22)(H,23,25)(H,24,26)/b10-9+. The van der Waals surface area contributed by atoms with Crippen molar-refractivity contribution < 1.29 is 14.0 Å². The van der Waals surface area contributed by atoms with Crippen molar-refractivity contribution in [2.45, 2.75) is 0 Å². The predicted octanol–water partition coefficient (Wildman–Crippen LogP) is 2.69. The van der Waals surface area contributed by atoms with Gasteiger partial charge in [-0.1, -0.05) is 42.5 Å². The second-order valence-electron chi connectivity index (χ2n) is 5.36. The molecule has 0 saturated carbocycles. The van der Waals surface area contributed by atoms with Gasteiger partial charge in [-0.3, -0.25) is 25.5 Å². The molecule has 0 atom stereocenters. The number of hydrogen-bond donors (Lipinski definition) is 3. The third-order valence-corrected chi connectivity index (χ3v) is 3.47. The summed E-state index contributed by atoms with van der Waals surface area (Å²) in [6, 6.07) is 16.7. The van der Waals surface area contributed by atoms with Gasteiger partial charge >= 0.3 is 0 Å². The molecule has 130 valence electrons. The Morgan fingerprint density at radius 2 is 1.81 bits per heavy atom. The van der Waals surface area contributed by atoms with E-state index in [-0.39, 0.29) is 5.69 Å². The molecule has 0 aliphatic rings. The summed E-state index contributed by atoms with van der Waals surface area (Å²) in [5.41, 5.74) is 6.75. The van der Waals surface area contributed by atoms with Gasteiger partial charge in [-0.2, -0.15) is 5.10 Å². The first-order chi connectivity index (χ1) is 12.6. The monoisotopic (exact) mass is 350 g/mol. The van der Waals surface area contributed by atoms with Crippen molar-refractivity contribution in [2.75, 3.05) is 0 Å². The third-order valence-electron chi connectivity index (χ3n) is 3.47. The van der Waals surface area contributed by atoms with Crippen LogP contribution in [-0.2, 0) is 4.79 Å². The highest BCUT2D eigenvalue weighted by atomic mass is 19.1. The summed E-state index contributed by atoms with van der Waals surface area (Å²) in [4.78, 5) is 23.8. The fraction of sp³-hybridized carbons (Fsp3) is 0. The predicted molar refractivity (Wildman–Crippen MR) is 95.1 cm³/mol. The van der Waals surface area contributed by atoms with E-state index in [9.17, 15) is 14.0 Å². The summed E-state index contributed by atoms with van der Waals surface area (Å²) in [7, 11) is 0. The molecular formula is C19H15FN4O2. The zero-order valence-corrected chi connectivity index (χ0v) is 13.6. The molecule has 0 fully saturated rings. The van der Waals surface area contributed by atoms with Crippen LogP contribution in [0.25, 0.3) is 17.3 Å². The van der Waals surface area contributed by atoms with E-state index in [2.05, 4.69) is 21.0 Å². The van der Waals surface area contributed by atoms with Gasteiger partial charge in [-0.25, -0.2) is 4.39 Å². The highest BCUT2D eigenvalue weighted by Gasteiger charge is 2.11. The smallest absolute Gasteiger partial charge is 0.272 e.